The molecule has 4 aliphatic rings. The standard InChI is InChI=1S/C60H34B2N4S/c1-7-25-49-37(15-1)38-16-2-8-26-50(38)63(49)35-31-45-43-20-13-21-44-46-32-36(64-51-27-9-3-17-39(51)40-18-4-10-28-52(40)64)34-56-58(46)61(47-23-6-12-30-55(47)67-56)66(59(43)44)62-48-24-14-22-42-41-19-5-11-29-53(41)65(60(42)48)54(33-35)57(45)62/h1-34H. The molecule has 17 rings (SSSR count). The molecule has 3 aromatic heterocycles. The lowest BCUT2D eigenvalue weighted by Gasteiger charge is -2.50. The minimum absolute atomic E-state index is 0.0162. The number of nitrogens with zero attached hydrogens (tertiary/aromatic N) is 4. The molecule has 0 spiro atoms. The first-order chi connectivity index (χ1) is 33.3. The molecule has 0 fully saturated rings. The Hall–Kier alpha value is -8.12. The van der Waals surface area contributed by atoms with Crippen LogP contribution in [0.4, 0.5) is 5.69 Å². The molecule has 0 saturated heterocycles. The van der Waals surface area contributed by atoms with Gasteiger partial charge < -0.3 is 18.4 Å². The van der Waals surface area contributed by atoms with E-state index in [0.717, 1.165) is 0 Å². The molecule has 7 heterocycles. The molecule has 4 aliphatic heterocycles. The molecule has 0 unspecified atom stereocenters. The van der Waals surface area contributed by atoms with Gasteiger partial charge in [-0.15, -0.1) is 0 Å². The predicted octanol–water partition coefficient (Wildman–Crippen LogP) is 12.1. The summed E-state index contributed by atoms with van der Waals surface area (Å²) in [5.74, 6) is 0. The molecular formula is C60H34B2N4S. The molecule has 67 heavy (non-hydrogen) atoms. The number of anilines is 1. The SMILES string of the molecule is c1ccc2c(c1)Sc1cc(-n3c4ccccc4c4ccccc43)cc3c1B2N1B2c4c(cc(-n5c6ccccc6c6ccccc65)cc4-n4c5ccccc5c5cccc2c54)-c2cccc-3c21. The Morgan fingerprint density at radius 1 is 0.328 bits per heavy atom. The average Bonchev–Trinajstić information content (AvgIpc) is 4.03. The van der Waals surface area contributed by atoms with Crippen molar-refractivity contribution in [3.8, 4) is 39.3 Å². The fourth-order valence-electron chi connectivity index (χ4n) is 13.2. The van der Waals surface area contributed by atoms with Gasteiger partial charge in [0.05, 0.1) is 33.1 Å². The Kier molecular flexibility index (Phi) is 6.51. The second-order valence-electron chi connectivity index (χ2n) is 18.7. The maximum absolute atomic E-state index is 2.86. The Labute approximate surface area is 390 Å². The Morgan fingerprint density at radius 2 is 0.776 bits per heavy atom. The van der Waals surface area contributed by atoms with E-state index in [4.69, 9.17) is 0 Å². The van der Waals surface area contributed by atoms with Crippen LogP contribution in [-0.2, 0) is 0 Å². The van der Waals surface area contributed by atoms with Crippen molar-refractivity contribution in [3.63, 3.8) is 0 Å². The Morgan fingerprint density at radius 3 is 1.39 bits per heavy atom. The molecule has 7 heteroatoms. The molecule has 13 aromatic rings. The van der Waals surface area contributed by atoms with Crippen LogP contribution in [0.1, 0.15) is 0 Å². The highest BCUT2D eigenvalue weighted by Crippen LogP contribution is 2.51. The first-order valence-electron chi connectivity index (χ1n) is 23.3. The lowest BCUT2D eigenvalue weighted by atomic mass is 9.33. The first-order valence-corrected chi connectivity index (χ1v) is 24.1. The number of benzene rings is 10. The van der Waals surface area contributed by atoms with Crippen LogP contribution >= 0.6 is 11.8 Å². The molecule has 0 atom stereocenters. The van der Waals surface area contributed by atoms with Gasteiger partial charge in [0.2, 0.25) is 0 Å². The molecule has 10 aromatic carbocycles. The van der Waals surface area contributed by atoms with Crippen molar-refractivity contribution < 1.29 is 0 Å². The van der Waals surface area contributed by atoms with Crippen LogP contribution < -0.4 is 26.6 Å². The van der Waals surface area contributed by atoms with Crippen molar-refractivity contribution in [1.29, 1.82) is 0 Å². The average molecular weight is 865 g/mol. The second kappa shape index (κ2) is 12.4. The van der Waals surface area contributed by atoms with E-state index in [1.165, 1.54) is 142 Å². The van der Waals surface area contributed by atoms with E-state index in [9.17, 15) is 0 Å². The van der Waals surface area contributed by atoms with Crippen molar-refractivity contribution in [2.24, 2.45) is 0 Å². The second-order valence-corrected chi connectivity index (χ2v) is 19.8. The van der Waals surface area contributed by atoms with Gasteiger partial charge in [-0.05, 0) is 93.6 Å². The summed E-state index contributed by atoms with van der Waals surface area (Å²) in [6, 6.07) is 78.1. The highest BCUT2D eigenvalue weighted by molar-refractivity contribution is 8.00. The number of aromatic nitrogens is 3. The zero-order valence-corrected chi connectivity index (χ0v) is 36.8. The number of para-hydroxylation sites is 7. The molecule has 0 radical (unpaired) electrons. The predicted molar refractivity (Wildman–Crippen MR) is 283 cm³/mol. The monoisotopic (exact) mass is 864 g/mol. The van der Waals surface area contributed by atoms with Crippen LogP contribution in [0.15, 0.2) is 216 Å². The van der Waals surface area contributed by atoms with E-state index in [1.54, 1.807) is 0 Å². The van der Waals surface area contributed by atoms with E-state index in [2.05, 4.69) is 225 Å². The minimum atomic E-state index is -0.0504. The van der Waals surface area contributed by atoms with Crippen molar-refractivity contribution in [3.05, 3.63) is 206 Å². The Balaban J connectivity index is 1.03. The van der Waals surface area contributed by atoms with Crippen LogP contribution in [0.5, 0.6) is 0 Å². The van der Waals surface area contributed by atoms with Gasteiger partial charge in [-0.3, -0.25) is 0 Å². The van der Waals surface area contributed by atoms with E-state index in [0.29, 0.717) is 0 Å². The van der Waals surface area contributed by atoms with Gasteiger partial charge in [0.1, 0.15) is 0 Å². The largest absolute Gasteiger partial charge is 0.444 e. The summed E-state index contributed by atoms with van der Waals surface area (Å²) in [4.78, 5) is 2.65. The molecule has 0 N–H and O–H groups in total. The van der Waals surface area contributed by atoms with Gasteiger partial charge in [-0.1, -0.05) is 157 Å². The minimum Gasteiger partial charge on any atom is -0.444 e. The van der Waals surface area contributed by atoms with Crippen molar-refractivity contribution in [2.45, 2.75) is 9.79 Å². The highest BCUT2D eigenvalue weighted by Gasteiger charge is 2.52. The third-order valence-electron chi connectivity index (χ3n) is 15.6. The fraction of sp³-hybridized carbons (Fsp3) is 0. The van der Waals surface area contributed by atoms with Gasteiger partial charge in [0.15, 0.2) is 0 Å². The van der Waals surface area contributed by atoms with Gasteiger partial charge in [0, 0.05) is 76.0 Å². The summed E-state index contributed by atoms with van der Waals surface area (Å²) in [5, 5.41) is 7.68. The van der Waals surface area contributed by atoms with Gasteiger partial charge in [0.25, 0.3) is 0 Å². The molecule has 4 nitrogen and oxygen atoms in total. The maximum atomic E-state index is 2.86. The van der Waals surface area contributed by atoms with E-state index >= 15 is 0 Å². The summed E-state index contributed by atoms with van der Waals surface area (Å²) >= 11 is 1.93. The first kappa shape index (κ1) is 35.2. The Bertz CT molecular complexity index is 4320. The highest BCUT2D eigenvalue weighted by atomic mass is 32.2. The van der Waals surface area contributed by atoms with E-state index < -0.39 is 0 Å². The zero-order valence-electron chi connectivity index (χ0n) is 36.0. The van der Waals surface area contributed by atoms with Crippen LogP contribution in [-0.4, -0.2) is 27.4 Å². The number of rotatable bonds is 2. The van der Waals surface area contributed by atoms with Gasteiger partial charge >= 0.3 is 13.7 Å². The van der Waals surface area contributed by atoms with Crippen LogP contribution in [0.3, 0.4) is 0 Å². The van der Waals surface area contributed by atoms with Crippen LogP contribution in [0, 0.1) is 0 Å². The van der Waals surface area contributed by atoms with E-state index in [1.807, 2.05) is 11.8 Å². The zero-order chi connectivity index (χ0) is 43.2. The number of hydrogen-bond donors (Lipinski definition) is 0. The fourth-order valence-corrected chi connectivity index (χ4v) is 14.4. The summed E-state index contributed by atoms with van der Waals surface area (Å²) in [7, 11) is 0. The summed E-state index contributed by atoms with van der Waals surface area (Å²) in [6.45, 7) is -0.0666. The summed E-state index contributed by atoms with van der Waals surface area (Å²) in [6.07, 6.45) is 0. The number of fused-ring (bicyclic) bond motifs is 17. The van der Waals surface area contributed by atoms with Crippen LogP contribution in [0.2, 0.25) is 0 Å². The van der Waals surface area contributed by atoms with Crippen molar-refractivity contribution >= 4 is 118 Å². The molecule has 0 amide bonds. The molecule has 306 valence electrons. The normalized spacial score (nSPS) is 13.8. The van der Waals surface area contributed by atoms with Crippen molar-refractivity contribution in [2.75, 3.05) is 4.72 Å². The summed E-state index contributed by atoms with van der Waals surface area (Å²) in [5.41, 5.74) is 23.1. The van der Waals surface area contributed by atoms with Crippen LogP contribution in [0.25, 0.3) is 105 Å². The molecule has 0 bridgehead atoms. The third-order valence-corrected chi connectivity index (χ3v) is 16.8. The third kappa shape index (κ3) is 4.26. The lowest BCUT2D eigenvalue weighted by molar-refractivity contribution is 1.14. The molecule has 0 saturated carbocycles. The topological polar surface area (TPSA) is 18.0 Å². The smallest absolute Gasteiger partial charge is 0.316 e. The summed E-state index contributed by atoms with van der Waals surface area (Å²) < 4.78 is 10.5. The van der Waals surface area contributed by atoms with E-state index in [-0.39, 0.29) is 13.7 Å². The quantitative estimate of drug-likeness (QED) is 0.161. The van der Waals surface area contributed by atoms with Crippen molar-refractivity contribution in [1.82, 2.24) is 13.7 Å². The number of hydrogen-bond acceptors (Lipinski definition) is 2. The molecule has 0 aliphatic carbocycles. The van der Waals surface area contributed by atoms with Gasteiger partial charge in [-0.25, -0.2) is 0 Å². The lowest BCUT2D eigenvalue weighted by Crippen LogP contribution is -2.74. The maximum Gasteiger partial charge on any atom is 0.316 e. The van der Waals surface area contributed by atoms with Gasteiger partial charge in [-0.2, -0.15) is 0 Å². The molecular weight excluding hydrogens is 830 g/mol.